The Bertz CT molecular complexity index is 509. The first-order valence-electron chi connectivity index (χ1n) is 8.40. The van der Waals surface area contributed by atoms with Crippen LogP contribution in [0.3, 0.4) is 0 Å². The molecular formula is C18H33N3O. The van der Waals surface area contributed by atoms with Gasteiger partial charge in [0.1, 0.15) is 5.76 Å². The number of nitrogens with two attached hydrogens (primary N) is 1. The fourth-order valence-corrected chi connectivity index (χ4v) is 3.30. The van der Waals surface area contributed by atoms with Crippen molar-refractivity contribution in [3.63, 3.8) is 0 Å². The fraction of sp³-hybridized carbons (Fsp3) is 0.833. The van der Waals surface area contributed by atoms with Gasteiger partial charge in [-0.1, -0.05) is 41.5 Å². The lowest BCUT2D eigenvalue weighted by molar-refractivity contribution is 0.0904. The zero-order valence-electron chi connectivity index (χ0n) is 15.4. The minimum atomic E-state index is 0.00239. The molecule has 0 saturated carbocycles. The highest BCUT2D eigenvalue weighted by Crippen LogP contribution is 2.47. The smallest absolute Gasteiger partial charge is 0.211 e. The molecule has 4 heteroatoms. The van der Waals surface area contributed by atoms with Crippen LogP contribution in [0, 0.1) is 10.8 Å². The van der Waals surface area contributed by atoms with E-state index in [1.54, 1.807) is 0 Å². The number of rotatable bonds is 3. The topological polar surface area (TPSA) is 55.3 Å². The predicted octanol–water partition coefficient (Wildman–Crippen LogP) is 3.73. The molecule has 22 heavy (non-hydrogen) atoms. The molecule has 126 valence electrons. The molecule has 1 saturated heterocycles. The second-order valence-corrected chi connectivity index (χ2v) is 8.94. The summed E-state index contributed by atoms with van der Waals surface area (Å²) < 4.78 is 6.03. The van der Waals surface area contributed by atoms with E-state index in [-0.39, 0.29) is 22.3 Å². The van der Waals surface area contributed by atoms with Gasteiger partial charge in [-0.05, 0) is 31.8 Å². The average molecular weight is 307 g/mol. The van der Waals surface area contributed by atoms with Crippen LogP contribution in [-0.4, -0.2) is 29.5 Å². The van der Waals surface area contributed by atoms with Crippen LogP contribution in [0.15, 0.2) is 10.6 Å². The van der Waals surface area contributed by atoms with Gasteiger partial charge in [-0.3, -0.25) is 4.90 Å². The second kappa shape index (κ2) is 5.64. The van der Waals surface area contributed by atoms with Crippen LogP contribution in [0.25, 0.3) is 0 Å². The van der Waals surface area contributed by atoms with Gasteiger partial charge in [0.05, 0.1) is 12.2 Å². The molecule has 1 aliphatic heterocycles. The Morgan fingerprint density at radius 1 is 1.32 bits per heavy atom. The van der Waals surface area contributed by atoms with E-state index in [0.29, 0.717) is 0 Å². The zero-order chi connectivity index (χ0) is 16.8. The molecule has 0 aromatic carbocycles. The minimum Gasteiger partial charge on any atom is -0.443 e. The second-order valence-electron chi connectivity index (χ2n) is 8.94. The summed E-state index contributed by atoms with van der Waals surface area (Å²) in [5.74, 6) is 1.78. The summed E-state index contributed by atoms with van der Waals surface area (Å²) in [5, 5.41) is 0. The zero-order valence-corrected chi connectivity index (χ0v) is 15.4. The average Bonchev–Trinajstić information content (AvgIpc) is 3.04. The first-order valence-corrected chi connectivity index (χ1v) is 8.40. The van der Waals surface area contributed by atoms with E-state index in [2.05, 4.69) is 58.4 Å². The maximum atomic E-state index is 6.15. The van der Waals surface area contributed by atoms with Gasteiger partial charge >= 0.3 is 0 Å². The van der Waals surface area contributed by atoms with Gasteiger partial charge in [-0.25, -0.2) is 4.98 Å². The van der Waals surface area contributed by atoms with Crippen LogP contribution < -0.4 is 5.73 Å². The lowest BCUT2D eigenvalue weighted by Gasteiger charge is -2.41. The predicted molar refractivity (Wildman–Crippen MR) is 90.8 cm³/mol. The molecule has 0 amide bonds. The highest BCUT2D eigenvalue weighted by atomic mass is 16.4. The molecule has 0 radical (unpaired) electrons. The highest BCUT2D eigenvalue weighted by Gasteiger charge is 2.47. The first-order chi connectivity index (χ1) is 10.00. The molecule has 1 aliphatic rings. The molecule has 2 atom stereocenters. The quantitative estimate of drug-likeness (QED) is 0.924. The number of nitrogens with zero attached hydrogens (tertiary/aromatic N) is 2. The van der Waals surface area contributed by atoms with Gasteiger partial charge in [-0.2, -0.15) is 0 Å². The molecule has 0 bridgehead atoms. The van der Waals surface area contributed by atoms with E-state index in [4.69, 9.17) is 10.2 Å². The third-order valence-electron chi connectivity index (χ3n) is 5.53. The van der Waals surface area contributed by atoms with Gasteiger partial charge in [0, 0.05) is 17.4 Å². The number of likely N-dealkylation sites (tertiary alicyclic amines) is 1. The Morgan fingerprint density at radius 3 is 2.36 bits per heavy atom. The summed E-state index contributed by atoms with van der Waals surface area (Å²) in [6.07, 6.45) is 3.02. The summed E-state index contributed by atoms with van der Waals surface area (Å²) in [6.45, 7) is 18.4. The number of hydrogen-bond acceptors (Lipinski definition) is 4. The molecule has 1 aromatic rings. The van der Waals surface area contributed by atoms with Gasteiger partial charge in [0.15, 0.2) is 0 Å². The molecule has 2 unspecified atom stereocenters. The van der Waals surface area contributed by atoms with Crippen molar-refractivity contribution in [2.75, 3.05) is 19.6 Å². The van der Waals surface area contributed by atoms with Crippen LogP contribution in [0.1, 0.15) is 72.6 Å². The maximum absolute atomic E-state index is 6.15. The Kier molecular flexibility index (Phi) is 4.48. The van der Waals surface area contributed by atoms with Gasteiger partial charge in [0.2, 0.25) is 5.89 Å². The number of oxazole rings is 1. The summed E-state index contributed by atoms with van der Waals surface area (Å²) in [4.78, 5) is 6.99. The van der Waals surface area contributed by atoms with Crippen LogP contribution in [0.4, 0.5) is 0 Å². The molecule has 0 spiro atoms. The van der Waals surface area contributed by atoms with E-state index in [1.165, 1.54) is 0 Å². The Morgan fingerprint density at radius 2 is 1.95 bits per heavy atom. The highest BCUT2D eigenvalue weighted by molar-refractivity contribution is 5.08. The molecule has 4 nitrogen and oxygen atoms in total. The third kappa shape index (κ3) is 3.09. The number of aromatic nitrogens is 1. The van der Waals surface area contributed by atoms with E-state index >= 15 is 0 Å². The number of hydrogen-bond donors (Lipinski definition) is 1. The summed E-state index contributed by atoms with van der Waals surface area (Å²) in [5.41, 5.74) is 6.55. The molecule has 2 rings (SSSR count). The van der Waals surface area contributed by atoms with E-state index in [9.17, 15) is 0 Å². The third-order valence-corrected chi connectivity index (χ3v) is 5.53. The van der Waals surface area contributed by atoms with Gasteiger partial charge in [0.25, 0.3) is 0 Å². The van der Waals surface area contributed by atoms with Crippen LogP contribution in [0.2, 0.25) is 0 Å². The van der Waals surface area contributed by atoms with E-state index < -0.39 is 0 Å². The van der Waals surface area contributed by atoms with Crippen LogP contribution in [-0.2, 0) is 5.41 Å². The van der Waals surface area contributed by atoms with E-state index in [1.807, 2.05) is 6.20 Å². The lowest BCUT2D eigenvalue weighted by Crippen LogP contribution is -2.44. The van der Waals surface area contributed by atoms with Crippen LogP contribution >= 0.6 is 0 Å². The summed E-state index contributed by atoms with van der Waals surface area (Å²) in [6, 6.07) is 0.201. The molecule has 1 aromatic heterocycles. The van der Waals surface area contributed by atoms with Crippen molar-refractivity contribution < 1.29 is 4.42 Å². The fourth-order valence-electron chi connectivity index (χ4n) is 3.30. The Hall–Kier alpha value is -0.870. The van der Waals surface area contributed by atoms with Crippen molar-refractivity contribution in [3.05, 3.63) is 17.8 Å². The van der Waals surface area contributed by atoms with Crippen molar-refractivity contribution in [2.24, 2.45) is 16.6 Å². The molecular weight excluding hydrogens is 274 g/mol. The van der Waals surface area contributed by atoms with Gasteiger partial charge < -0.3 is 10.2 Å². The normalized spacial score (nSPS) is 25.6. The van der Waals surface area contributed by atoms with Crippen molar-refractivity contribution in [3.8, 4) is 0 Å². The minimum absolute atomic E-state index is 0.00239. The van der Waals surface area contributed by atoms with Crippen molar-refractivity contribution in [2.45, 2.75) is 66.3 Å². The molecule has 2 heterocycles. The molecule has 2 N–H and O–H groups in total. The summed E-state index contributed by atoms with van der Waals surface area (Å²) in [7, 11) is 0. The molecule has 1 fully saturated rings. The Labute approximate surface area is 135 Å². The standard InChI is InChI=1S/C18H33N3O/c1-13(15-20-10-14(22-15)16(2,3)4)21-9-8-18(11-19,12-21)17(5,6)7/h10,13H,8-9,11-12,19H2,1-7H3. The summed E-state index contributed by atoms with van der Waals surface area (Å²) >= 11 is 0. The monoisotopic (exact) mass is 307 g/mol. The van der Waals surface area contributed by atoms with Crippen LogP contribution in [0.5, 0.6) is 0 Å². The van der Waals surface area contributed by atoms with E-state index in [0.717, 1.165) is 37.7 Å². The maximum Gasteiger partial charge on any atom is 0.211 e. The Balaban J connectivity index is 2.15. The van der Waals surface area contributed by atoms with Crippen molar-refractivity contribution >= 4 is 0 Å². The SMILES string of the molecule is CC(c1ncc(C(C)(C)C)o1)N1CCC(CN)(C(C)(C)C)C1. The lowest BCUT2D eigenvalue weighted by atomic mass is 9.66. The molecule has 0 aliphatic carbocycles. The van der Waals surface area contributed by atoms with Crippen molar-refractivity contribution in [1.82, 2.24) is 9.88 Å². The largest absolute Gasteiger partial charge is 0.443 e. The first kappa shape index (κ1) is 17.5. The van der Waals surface area contributed by atoms with Gasteiger partial charge in [-0.15, -0.1) is 0 Å². The van der Waals surface area contributed by atoms with Crippen molar-refractivity contribution in [1.29, 1.82) is 0 Å².